The lowest BCUT2D eigenvalue weighted by Gasteiger charge is -2.25. The summed E-state index contributed by atoms with van der Waals surface area (Å²) >= 11 is 0. The van der Waals surface area contributed by atoms with Crippen LogP contribution >= 0.6 is 0 Å². The summed E-state index contributed by atoms with van der Waals surface area (Å²) in [7, 11) is 0. The van der Waals surface area contributed by atoms with Gasteiger partial charge in [-0.25, -0.2) is 0 Å². The fourth-order valence-electron chi connectivity index (χ4n) is 4.08. The molecule has 0 bridgehead atoms. The van der Waals surface area contributed by atoms with E-state index in [2.05, 4.69) is 41.3 Å². The molecule has 0 aromatic heterocycles. The number of hydrogen-bond acceptors (Lipinski definition) is 2. The van der Waals surface area contributed by atoms with E-state index in [9.17, 15) is 5.11 Å². The van der Waals surface area contributed by atoms with Gasteiger partial charge in [0.1, 0.15) is 5.75 Å². The number of aromatic hydroxyl groups is 1. The second-order valence-corrected chi connectivity index (χ2v) is 6.64. The largest absolute Gasteiger partial charge is 0.508 e. The van der Waals surface area contributed by atoms with Crippen LogP contribution in [0.25, 0.3) is 0 Å². The monoisotopic (exact) mass is 293 g/mol. The van der Waals surface area contributed by atoms with Crippen LogP contribution in [-0.4, -0.2) is 16.6 Å². The van der Waals surface area contributed by atoms with Gasteiger partial charge in [-0.1, -0.05) is 36.4 Å². The maximum atomic E-state index is 10.4. The predicted molar refractivity (Wildman–Crippen MR) is 89.0 cm³/mol. The molecule has 1 atom stereocenters. The number of fused-ring (bicyclic) bond motifs is 1. The molecule has 0 saturated carbocycles. The molecule has 114 valence electrons. The van der Waals surface area contributed by atoms with Crippen LogP contribution < -0.4 is 0 Å². The van der Waals surface area contributed by atoms with Crippen molar-refractivity contribution in [3.8, 4) is 5.75 Å². The quantitative estimate of drug-likeness (QED) is 0.916. The Bertz CT molecular complexity index is 665. The maximum Gasteiger partial charge on any atom is 0.120 e. The van der Waals surface area contributed by atoms with Crippen LogP contribution in [0.5, 0.6) is 5.75 Å². The van der Waals surface area contributed by atoms with E-state index in [1.54, 1.807) is 0 Å². The van der Waals surface area contributed by atoms with E-state index < -0.39 is 0 Å². The molecule has 1 aliphatic heterocycles. The number of hydrogen-bond donors (Lipinski definition) is 1. The van der Waals surface area contributed by atoms with Crippen LogP contribution in [0.15, 0.2) is 42.5 Å². The Hall–Kier alpha value is -1.80. The van der Waals surface area contributed by atoms with Crippen LogP contribution in [0, 0.1) is 0 Å². The molecule has 1 unspecified atom stereocenters. The van der Waals surface area contributed by atoms with Crippen molar-refractivity contribution in [1.82, 2.24) is 4.90 Å². The van der Waals surface area contributed by atoms with Crippen molar-refractivity contribution in [1.29, 1.82) is 0 Å². The number of rotatable bonds is 3. The molecule has 0 radical (unpaired) electrons. The van der Waals surface area contributed by atoms with Gasteiger partial charge < -0.3 is 5.11 Å². The lowest BCUT2D eigenvalue weighted by atomic mass is 10.0. The van der Waals surface area contributed by atoms with E-state index in [0.717, 1.165) is 25.1 Å². The van der Waals surface area contributed by atoms with Crippen LogP contribution in [0.4, 0.5) is 0 Å². The SMILES string of the molecule is Oc1cc2c(cc1CN1CCCC1c1ccccc1)CCC2. The van der Waals surface area contributed by atoms with Crippen LogP contribution in [-0.2, 0) is 19.4 Å². The van der Waals surface area contributed by atoms with Gasteiger partial charge in [0, 0.05) is 18.2 Å². The van der Waals surface area contributed by atoms with E-state index in [1.165, 1.54) is 42.4 Å². The minimum Gasteiger partial charge on any atom is -0.508 e. The Morgan fingerprint density at radius 2 is 1.77 bits per heavy atom. The first-order valence-electron chi connectivity index (χ1n) is 8.44. The highest BCUT2D eigenvalue weighted by atomic mass is 16.3. The molecule has 2 heteroatoms. The summed E-state index contributed by atoms with van der Waals surface area (Å²) in [5.74, 6) is 0.486. The Balaban J connectivity index is 1.58. The summed E-state index contributed by atoms with van der Waals surface area (Å²) in [6.07, 6.45) is 5.99. The van der Waals surface area contributed by atoms with Gasteiger partial charge in [0.15, 0.2) is 0 Å². The van der Waals surface area contributed by atoms with E-state index in [1.807, 2.05) is 6.07 Å². The number of benzene rings is 2. The molecule has 1 saturated heterocycles. The van der Waals surface area contributed by atoms with Gasteiger partial charge >= 0.3 is 0 Å². The highest BCUT2D eigenvalue weighted by molar-refractivity contribution is 5.44. The lowest BCUT2D eigenvalue weighted by molar-refractivity contribution is 0.245. The minimum absolute atomic E-state index is 0.486. The Labute approximate surface area is 132 Å². The molecular weight excluding hydrogens is 270 g/mol. The third-order valence-electron chi connectivity index (χ3n) is 5.21. The van der Waals surface area contributed by atoms with Gasteiger partial charge in [-0.05, 0) is 61.4 Å². The zero-order chi connectivity index (χ0) is 14.9. The number of nitrogens with zero attached hydrogens (tertiary/aromatic N) is 1. The maximum absolute atomic E-state index is 10.4. The molecule has 0 spiro atoms. The van der Waals surface area contributed by atoms with Gasteiger partial charge in [0.25, 0.3) is 0 Å². The summed E-state index contributed by atoms with van der Waals surface area (Å²) in [5, 5.41) is 10.4. The second kappa shape index (κ2) is 5.77. The van der Waals surface area contributed by atoms with Crippen molar-refractivity contribution in [3.63, 3.8) is 0 Å². The average molecular weight is 293 g/mol. The topological polar surface area (TPSA) is 23.5 Å². The zero-order valence-electron chi connectivity index (χ0n) is 13.0. The van der Waals surface area contributed by atoms with Crippen LogP contribution in [0.2, 0.25) is 0 Å². The third-order valence-corrected chi connectivity index (χ3v) is 5.21. The van der Waals surface area contributed by atoms with Crippen molar-refractivity contribution in [2.45, 2.75) is 44.7 Å². The highest BCUT2D eigenvalue weighted by Crippen LogP contribution is 2.36. The molecule has 1 aliphatic carbocycles. The van der Waals surface area contributed by atoms with Crippen LogP contribution in [0.3, 0.4) is 0 Å². The first-order chi connectivity index (χ1) is 10.8. The number of likely N-dealkylation sites (tertiary alicyclic amines) is 1. The van der Waals surface area contributed by atoms with Crippen LogP contribution in [0.1, 0.15) is 47.6 Å². The molecule has 4 rings (SSSR count). The predicted octanol–water partition coefficient (Wildman–Crippen LogP) is 4.22. The van der Waals surface area contributed by atoms with Gasteiger partial charge in [-0.15, -0.1) is 0 Å². The summed E-state index contributed by atoms with van der Waals surface area (Å²) in [6.45, 7) is 1.98. The summed E-state index contributed by atoms with van der Waals surface area (Å²) in [4.78, 5) is 2.52. The molecule has 0 amide bonds. The molecule has 1 fully saturated rings. The summed E-state index contributed by atoms with van der Waals surface area (Å²) < 4.78 is 0. The molecule has 2 aromatic rings. The molecule has 1 heterocycles. The van der Waals surface area contributed by atoms with Crippen molar-refractivity contribution in [3.05, 3.63) is 64.7 Å². The summed E-state index contributed by atoms with van der Waals surface area (Å²) in [5.41, 5.74) is 5.30. The molecule has 2 nitrogen and oxygen atoms in total. The van der Waals surface area contributed by atoms with E-state index in [4.69, 9.17) is 0 Å². The number of aryl methyl sites for hydroxylation is 2. The molecule has 2 aliphatic rings. The van der Waals surface area contributed by atoms with Gasteiger partial charge in [0.2, 0.25) is 0 Å². The Morgan fingerprint density at radius 3 is 2.59 bits per heavy atom. The fourth-order valence-corrected chi connectivity index (χ4v) is 4.08. The zero-order valence-corrected chi connectivity index (χ0v) is 13.0. The highest BCUT2D eigenvalue weighted by Gasteiger charge is 2.27. The molecular formula is C20H23NO. The van der Waals surface area contributed by atoms with Crippen molar-refractivity contribution < 1.29 is 5.11 Å². The smallest absolute Gasteiger partial charge is 0.120 e. The Kier molecular flexibility index (Phi) is 3.63. The van der Waals surface area contributed by atoms with Gasteiger partial charge in [-0.2, -0.15) is 0 Å². The lowest BCUT2D eigenvalue weighted by Crippen LogP contribution is -2.22. The van der Waals surface area contributed by atoms with Crippen molar-refractivity contribution in [2.75, 3.05) is 6.54 Å². The average Bonchev–Trinajstić information content (AvgIpc) is 3.17. The van der Waals surface area contributed by atoms with E-state index in [-0.39, 0.29) is 0 Å². The first kappa shape index (κ1) is 13.8. The van der Waals surface area contributed by atoms with E-state index >= 15 is 0 Å². The first-order valence-corrected chi connectivity index (χ1v) is 8.44. The molecule has 22 heavy (non-hydrogen) atoms. The second-order valence-electron chi connectivity index (χ2n) is 6.64. The van der Waals surface area contributed by atoms with Crippen molar-refractivity contribution in [2.24, 2.45) is 0 Å². The molecule has 2 aromatic carbocycles. The van der Waals surface area contributed by atoms with Gasteiger partial charge in [0.05, 0.1) is 0 Å². The minimum atomic E-state index is 0.486. The van der Waals surface area contributed by atoms with Gasteiger partial charge in [-0.3, -0.25) is 4.90 Å². The Morgan fingerprint density at radius 1 is 1.00 bits per heavy atom. The normalized spacial score (nSPS) is 21.2. The summed E-state index contributed by atoms with van der Waals surface area (Å²) in [6, 6.07) is 15.5. The fraction of sp³-hybridized carbons (Fsp3) is 0.400. The standard InChI is InChI=1S/C20H23NO/c22-20-13-17-9-4-8-16(17)12-18(20)14-21-11-5-10-19(21)15-6-2-1-3-7-15/h1-3,6-7,12-13,19,22H,4-5,8-11,14H2. The molecule has 1 N–H and O–H groups in total. The third kappa shape index (κ3) is 2.52. The number of phenols is 1. The van der Waals surface area contributed by atoms with Crippen molar-refractivity contribution >= 4 is 0 Å². The van der Waals surface area contributed by atoms with E-state index in [0.29, 0.717) is 11.8 Å². The number of phenolic OH excluding ortho intramolecular Hbond substituents is 1.